The largest absolute Gasteiger partial charge is 0.343 e. The van der Waals surface area contributed by atoms with Crippen molar-refractivity contribution in [2.75, 3.05) is 29.2 Å². The van der Waals surface area contributed by atoms with Crippen LogP contribution < -0.4 is 20.3 Å². The van der Waals surface area contributed by atoms with E-state index in [1.807, 2.05) is 11.9 Å². The van der Waals surface area contributed by atoms with E-state index in [9.17, 15) is 13.2 Å². The van der Waals surface area contributed by atoms with Gasteiger partial charge in [0.1, 0.15) is 11.2 Å². The molecule has 0 bridgehead atoms. The second kappa shape index (κ2) is 5.39. The lowest BCUT2D eigenvalue weighted by Crippen LogP contribution is -2.53. The number of nitrogens with one attached hydrogen (secondary N) is 1. The molecule has 1 aromatic carbocycles. The minimum Gasteiger partial charge on any atom is -0.343 e. The summed E-state index contributed by atoms with van der Waals surface area (Å²) >= 11 is 0. The zero-order valence-corrected chi connectivity index (χ0v) is 15.1. The van der Waals surface area contributed by atoms with E-state index in [1.165, 1.54) is 12.1 Å². The molecule has 26 heavy (non-hydrogen) atoms. The first-order valence-corrected chi connectivity index (χ1v) is 9.56. The maximum atomic E-state index is 12.5. The molecule has 2 aromatic rings. The summed E-state index contributed by atoms with van der Waals surface area (Å²) in [5.41, 5.74) is 0.802. The van der Waals surface area contributed by atoms with Crippen LogP contribution >= 0.6 is 0 Å². The Kier molecular flexibility index (Phi) is 3.47. The van der Waals surface area contributed by atoms with E-state index < -0.39 is 15.6 Å². The number of amides is 1. The van der Waals surface area contributed by atoms with Gasteiger partial charge in [-0.15, -0.1) is 0 Å². The van der Waals surface area contributed by atoms with E-state index >= 15 is 0 Å². The third-order valence-corrected chi connectivity index (χ3v) is 5.87. The fourth-order valence-corrected chi connectivity index (χ4v) is 3.72. The molecule has 9 nitrogen and oxygen atoms in total. The van der Waals surface area contributed by atoms with Crippen LogP contribution in [0.5, 0.6) is 0 Å². The standard InChI is InChI=1S/C16H18N6O3S/c1-21-12-9-18-15(19-10-3-5-11(6-4-10)26(17,24)25)20-13(12)22(2)16(7-8-16)14(21)23/h3-6,9H,7-8H2,1-2H3,(H2,17,24,25)(H,18,19,20). The van der Waals surface area contributed by atoms with Crippen molar-refractivity contribution in [1.29, 1.82) is 0 Å². The monoisotopic (exact) mass is 374 g/mol. The van der Waals surface area contributed by atoms with Crippen LogP contribution in [0.3, 0.4) is 0 Å². The van der Waals surface area contributed by atoms with E-state index in [4.69, 9.17) is 5.14 Å². The predicted molar refractivity (Wildman–Crippen MR) is 96.9 cm³/mol. The lowest BCUT2D eigenvalue weighted by atomic mass is 10.1. The van der Waals surface area contributed by atoms with E-state index in [0.717, 1.165) is 12.8 Å². The van der Waals surface area contributed by atoms with Crippen molar-refractivity contribution in [2.24, 2.45) is 5.14 Å². The van der Waals surface area contributed by atoms with Gasteiger partial charge < -0.3 is 15.1 Å². The molecule has 136 valence electrons. The van der Waals surface area contributed by atoms with Crippen LogP contribution in [0.15, 0.2) is 35.4 Å². The number of anilines is 4. The van der Waals surface area contributed by atoms with Gasteiger partial charge in [0.15, 0.2) is 5.82 Å². The summed E-state index contributed by atoms with van der Waals surface area (Å²) in [6.07, 6.45) is 3.23. The Hall–Kier alpha value is -2.72. The van der Waals surface area contributed by atoms with Gasteiger partial charge in [0.2, 0.25) is 16.0 Å². The predicted octanol–water partition coefficient (Wildman–Crippen LogP) is 0.813. The number of sulfonamides is 1. The van der Waals surface area contributed by atoms with Gasteiger partial charge in [-0.1, -0.05) is 0 Å². The van der Waals surface area contributed by atoms with Gasteiger partial charge in [0, 0.05) is 19.8 Å². The average molecular weight is 374 g/mol. The van der Waals surface area contributed by atoms with Crippen LogP contribution in [0, 0.1) is 0 Å². The van der Waals surface area contributed by atoms with Crippen molar-refractivity contribution in [3.8, 4) is 0 Å². The van der Waals surface area contributed by atoms with Gasteiger partial charge >= 0.3 is 0 Å². The lowest BCUT2D eigenvalue weighted by molar-refractivity contribution is -0.120. The van der Waals surface area contributed by atoms with Crippen molar-refractivity contribution < 1.29 is 13.2 Å². The minimum absolute atomic E-state index is 0.0324. The van der Waals surface area contributed by atoms with Crippen LogP contribution in [0.2, 0.25) is 0 Å². The van der Waals surface area contributed by atoms with E-state index in [2.05, 4.69) is 15.3 Å². The molecule has 1 spiro atoms. The number of fused-ring (bicyclic) bond motifs is 1. The summed E-state index contributed by atoms with van der Waals surface area (Å²) in [5.74, 6) is 1.11. The summed E-state index contributed by atoms with van der Waals surface area (Å²) in [6.45, 7) is 0. The summed E-state index contributed by atoms with van der Waals surface area (Å²) < 4.78 is 22.6. The zero-order valence-electron chi connectivity index (χ0n) is 14.3. The van der Waals surface area contributed by atoms with Gasteiger partial charge in [-0.3, -0.25) is 4.79 Å². The molecule has 10 heteroatoms. The SMILES string of the molecule is CN1C(=O)C2(CC2)N(C)c2nc(Nc3ccc(S(N)(=O)=O)cc3)ncc21. The van der Waals surface area contributed by atoms with Crippen LogP contribution in [0.25, 0.3) is 0 Å². The number of likely N-dealkylation sites (N-methyl/N-ethyl adjacent to an activating group) is 2. The molecule has 3 N–H and O–H groups in total. The van der Waals surface area contributed by atoms with Crippen LogP contribution in [0.1, 0.15) is 12.8 Å². The van der Waals surface area contributed by atoms with Crippen molar-refractivity contribution in [1.82, 2.24) is 9.97 Å². The minimum atomic E-state index is -3.73. The number of aromatic nitrogens is 2. The van der Waals surface area contributed by atoms with Gasteiger partial charge in [-0.25, -0.2) is 18.5 Å². The average Bonchev–Trinajstić information content (AvgIpc) is 3.40. The molecule has 2 aliphatic rings. The smallest absolute Gasteiger partial charge is 0.252 e. The topological polar surface area (TPSA) is 122 Å². The lowest BCUT2D eigenvalue weighted by Gasteiger charge is -2.38. The molecule has 1 aliphatic heterocycles. The Labute approximate surface area is 150 Å². The molecule has 1 fully saturated rings. The highest BCUT2D eigenvalue weighted by Crippen LogP contribution is 2.50. The Balaban J connectivity index is 1.64. The summed E-state index contributed by atoms with van der Waals surface area (Å²) in [6, 6.07) is 6.00. The molecule has 0 atom stereocenters. The van der Waals surface area contributed by atoms with E-state index in [1.54, 1.807) is 30.3 Å². The summed E-state index contributed by atoms with van der Waals surface area (Å²) in [5, 5.41) is 8.14. The maximum absolute atomic E-state index is 12.5. The molecular weight excluding hydrogens is 356 g/mol. The quantitative estimate of drug-likeness (QED) is 0.815. The van der Waals surface area contributed by atoms with Gasteiger partial charge in [0.05, 0.1) is 11.1 Å². The third-order valence-electron chi connectivity index (χ3n) is 4.94. The first-order valence-electron chi connectivity index (χ1n) is 8.01. The molecule has 0 radical (unpaired) electrons. The van der Waals surface area contributed by atoms with Gasteiger partial charge in [0.25, 0.3) is 5.91 Å². The van der Waals surface area contributed by atoms with Crippen LogP contribution in [-0.4, -0.2) is 43.9 Å². The van der Waals surface area contributed by atoms with Crippen LogP contribution in [-0.2, 0) is 14.8 Å². The van der Waals surface area contributed by atoms with Crippen molar-refractivity contribution in [3.05, 3.63) is 30.5 Å². The molecule has 2 heterocycles. The summed E-state index contributed by atoms with van der Waals surface area (Å²) in [7, 11) is -0.130. The van der Waals surface area contributed by atoms with Crippen molar-refractivity contribution in [2.45, 2.75) is 23.3 Å². The van der Waals surface area contributed by atoms with Gasteiger partial charge in [-0.05, 0) is 37.1 Å². The molecule has 1 aromatic heterocycles. The fraction of sp³-hybridized carbons (Fsp3) is 0.312. The second-order valence-corrected chi connectivity index (χ2v) is 8.11. The number of hydrogen-bond donors (Lipinski definition) is 2. The Morgan fingerprint density at radius 2 is 1.85 bits per heavy atom. The zero-order chi connectivity index (χ0) is 18.7. The Bertz CT molecular complexity index is 1000. The number of nitrogens with zero attached hydrogens (tertiary/aromatic N) is 4. The first-order chi connectivity index (χ1) is 12.2. The number of primary sulfonamides is 1. The summed E-state index contributed by atoms with van der Waals surface area (Å²) in [4.78, 5) is 24.9. The molecular formula is C16H18N6O3S. The normalized spacial score (nSPS) is 18.0. The number of carbonyl (C=O) groups excluding carboxylic acids is 1. The van der Waals surface area contributed by atoms with Gasteiger partial charge in [-0.2, -0.15) is 4.98 Å². The third kappa shape index (κ3) is 2.49. The van der Waals surface area contributed by atoms with Crippen molar-refractivity contribution in [3.63, 3.8) is 0 Å². The second-order valence-electron chi connectivity index (χ2n) is 6.55. The fourth-order valence-electron chi connectivity index (χ4n) is 3.20. The highest BCUT2D eigenvalue weighted by atomic mass is 32.2. The molecule has 0 unspecified atom stereocenters. The number of benzene rings is 1. The Morgan fingerprint density at radius 3 is 2.42 bits per heavy atom. The van der Waals surface area contributed by atoms with E-state index in [0.29, 0.717) is 23.1 Å². The molecule has 1 amide bonds. The first kappa shape index (κ1) is 16.7. The Morgan fingerprint density at radius 1 is 1.19 bits per heavy atom. The number of hydrogen-bond acceptors (Lipinski definition) is 7. The highest BCUT2D eigenvalue weighted by Gasteiger charge is 2.58. The maximum Gasteiger partial charge on any atom is 0.252 e. The molecule has 4 rings (SSSR count). The number of nitrogens with two attached hydrogens (primary N) is 1. The van der Waals surface area contributed by atoms with E-state index in [-0.39, 0.29) is 10.8 Å². The van der Waals surface area contributed by atoms with Crippen molar-refractivity contribution >= 4 is 39.1 Å². The highest BCUT2D eigenvalue weighted by molar-refractivity contribution is 7.89. The van der Waals surface area contributed by atoms with Crippen LogP contribution in [0.4, 0.5) is 23.1 Å². The number of carbonyl (C=O) groups is 1. The molecule has 1 saturated carbocycles. The molecule has 0 saturated heterocycles. The number of rotatable bonds is 3. The molecule has 1 aliphatic carbocycles.